The molecule has 1 N–H and O–H groups in total. The summed E-state index contributed by atoms with van der Waals surface area (Å²) in [6, 6.07) is 0. The topological polar surface area (TPSA) is 28.7 Å². The first-order valence-electron chi connectivity index (χ1n) is 2.47. The van der Waals surface area contributed by atoms with E-state index in [1.165, 1.54) is 0 Å². The van der Waals surface area contributed by atoms with E-state index in [-0.39, 0.29) is 0 Å². The molecule has 3 heteroatoms. The minimum Gasteiger partial charge on any atom is -0.341 e. The number of hydrogen-bond donors (Lipinski definition) is 1. The Bertz CT molecular complexity index is 136. The summed E-state index contributed by atoms with van der Waals surface area (Å²) in [7, 11) is 0. The Morgan fingerprint density at radius 2 is 2.88 bits per heavy atom. The molecule has 2 nitrogen and oxygen atoms in total. The van der Waals surface area contributed by atoms with E-state index < -0.39 is 0 Å². The van der Waals surface area contributed by atoms with Gasteiger partial charge in [0.05, 0.1) is 0 Å². The van der Waals surface area contributed by atoms with Crippen molar-refractivity contribution in [3.05, 3.63) is 12.5 Å². The van der Waals surface area contributed by atoms with Crippen LogP contribution in [0.5, 0.6) is 0 Å². The van der Waals surface area contributed by atoms with Crippen LogP contribution in [-0.4, -0.2) is 15.7 Å². The highest BCUT2D eigenvalue weighted by atomic mass is 32.2. The number of aromatic nitrogens is 2. The first kappa shape index (κ1) is 5.69. The van der Waals surface area contributed by atoms with Crippen LogP contribution in [0.1, 0.15) is 6.92 Å². The summed E-state index contributed by atoms with van der Waals surface area (Å²) in [5, 5.41) is 1.02. The standard InChI is InChI=1S/C5H7N2S/c1-2-8-5-3-6-4-7-5/h3H,2H2,1H3,(H,6,7). The highest BCUT2D eigenvalue weighted by Crippen LogP contribution is 2.10. The van der Waals surface area contributed by atoms with Gasteiger partial charge in [0, 0.05) is 6.20 Å². The van der Waals surface area contributed by atoms with Crippen molar-refractivity contribution in [3.63, 3.8) is 0 Å². The third kappa shape index (κ3) is 1.26. The third-order valence-corrected chi connectivity index (χ3v) is 1.51. The molecule has 8 heavy (non-hydrogen) atoms. The van der Waals surface area contributed by atoms with E-state index in [0.29, 0.717) is 0 Å². The van der Waals surface area contributed by atoms with Gasteiger partial charge in [0.25, 0.3) is 0 Å². The summed E-state index contributed by atoms with van der Waals surface area (Å²) in [5.41, 5.74) is 0. The molecule has 1 rings (SSSR count). The van der Waals surface area contributed by atoms with E-state index in [2.05, 4.69) is 23.2 Å². The van der Waals surface area contributed by atoms with Crippen LogP contribution in [0.25, 0.3) is 0 Å². The van der Waals surface area contributed by atoms with Crippen molar-refractivity contribution in [2.75, 3.05) is 5.75 Å². The van der Waals surface area contributed by atoms with Crippen molar-refractivity contribution in [2.24, 2.45) is 0 Å². The quantitative estimate of drug-likeness (QED) is 0.607. The molecule has 0 amide bonds. The van der Waals surface area contributed by atoms with Gasteiger partial charge in [0.15, 0.2) is 6.33 Å². The average Bonchev–Trinajstić information content (AvgIpc) is 2.19. The zero-order valence-electron chi connectivity index (χ0n) is 4.64. The van der Waals surface area contributed by atoms with Crippen molar-refractivity contribution in [3.8, 4) is 0 Å². The van der Waals surface area contributed by atoms with E-state index in [4.69, 9.17) is 0 Å². The molecule has 1 radical (unpaired) electrons. The molecule has 0 spiro atoms. The average molecular weight is 127 g/mol. The fourth-order valence-corrected chi connectivity index (χ4v) is 0.984. The summed E-state index contributed by atoms with van der Waals surface area (Å²) in [6.45, 7) is 2.10. The predicted octanol–water partition coefficient (Wildman–Crippen LogP) is 1.32. The van der Waals surface area contributed by atoms with Crippen LogP contribution in [0.2, 0.25) is 0 Å². The maximum atomic E-state index is 3.89. The number of aromatic amines is 1. The Morgan fingerprint density at radius 1 is 2.00 bits per heavy atom. The maximum absolute atomic E-state index is 3.89. The van der Waals surface area contributed by atoms with Gasteiger partial charge in [-0.3, -0.25) is 0 Å². The summed E-state index contributed by atoms with van der Waals surface area (Å²) < 4.78 is 0. The molecule has 43 valence electrons. The predicted molar refractivity (Wildman–Crippen MR) is 33.8 cm³/mol. The van der Waals surface area contributed by atoms with Gasteiger partial charge in [-0.1, -0.05) is 6.92 Å². The number of nitrogens with zero attached hydrogens (tertiary/aromatic N) is 1. The number of H-pyrrole nitrogens is 1. The van der Waals surface area contributed by atoms with Crippen molar-refractivity contribution in [1.82, 2.24) is 9.97 Å². The number of nitrogens with one attached hydrogen (secondary N) is 1. The van der Waals surface area contributed by atoms with Crippen molar-refractivity contribution in [2.45, 2.75) is 11.9 Å². The van der Waals surface area contributed by atoms with Crippen LogP contribution in [-0.2, 0) is 0 Å². The summed E-state index contributed by atoms with van der Waals surface area (Å²) in [5.74, 6) is 1.07. The zero-order chi connectivity index (χ0) is 5.82. The second kappa shape index (κ2) is 2.77. The Hall–Kier alpha value is -0.440. The van der Waals surface area contributed by atoms with Crippen molar-refractivity contribution < 1.29 is 0 Å². The molecular formula is C5H7N2S. The summed E-state index contributed by atoms with van der Waals surface area (Å²) in [6.07, 6.45) is 4.46. The molecule has 1 aromatic rings. The Balaban J connectivity index is 2.50. The van der Waals surface area contributed by atoms with Crippen molar-refractivity contribution >= 4 is 11.8 Å². The van der Waals surface area contributed by atoms with Gasteiger partial charge in [-0.2, -0.15) is 0 Å². The van der Waals surface area contributed by atoms with Gasteiger partial charge in [-0.05, 0) is 5.75 Å². The van der Waals surface area contributed by atoms with E-state index in [1.54, 1.807) is 11.8 Å². The highest BCUT2D eigenvalue weighted by molar-refractivity contribution is 7.99. The van der Waals surface area contributed by atoms with Gasteiger partial charge in [0.1, 0.15) is 5.03 Å². The smallest absolute Gasteiger partial charge is 0.174 e. The Labute approximate surface area is 52.7 Å². The molecule has 0 saturated carbocycles. The van der Waals surface area contributed by atoms with E-state index in [9.17, 15) is 0 Å². The molecule has 0 saturated heterocycles. The lowest BCUT2D eigenvalue weighted by Gasteiger charge is -1.84. The first-order chi connectivity index (χ1) is 3.93. The van der Waals surface area contributed by atoms with Gasteiger partial charge in [-0.25, -0.2) is 4.98 Å². The fourth-order valence-electron chi connectivity index (χ4n) is 0.435. The highest BCUT2D eigenvalue weighted by Gasteiger charge is 1.88. The van der Waals surface area contributed by atoms with Gasteiger partial charge in [-0.15, -0.1) is 11.8 Å². The van der Waals surface area contributed by atoms with Crippen LogP contribution in [0.15, 0.2) is 11.2 Å². The number of hydrogen-bond acceptors (Lipinski definition) is 2. The van der Waals surface area contributed by atoms with Gasteiger partial charge >= 0.3 is 0 Å². The van der Waals surface area contributed by atoms with E-state index in [0.717, 1.165) is 10.8 Å². The van der Waals surface area contributed by atoms with Crippen LogP contribution >= 0.6 is 11.8 Å². The Morgan fingerprint density at radius 3 is 3.38 bits per heavy atom. The third-order valence-electron chi connectivity index (χ3n) is 0.719. The summed E-state index contributed by atoms with van der Waals surface area (Å²) in [4.78, 5) is 6.65. The molecule has 0 aliphatic rings. The molecule has 0 aromatic carbocycles. The van der Waals surface area contributed by atoms with Crippen LogP contribution in [0, 0.1) is 6.33 Å². The molecule has 1 aromatic heterocycles. The number of imidazole rings is 1. The number of rotatable bonds is 2. The number of thioether (sulfide) groups is 1. The molecule has 0 bridgehead atoms. The Kier molecular flexibility index (Phi) is 1.97. The summed E-state index contributed by atoms with van der Waals surface area (Å²) >= 11 is 1.71. The minimum atomic E-state index is 1.02. The molecule has 0 aliphatic heterocycles. The van der Waals surface area contributed by atoms with E-state index in [1.807, 2.05) is 6.20 Å². The lowest BCUT2D eigenvalue weighted by molar-refractivity contribution is 1.19. The van der Waals surface area contributed by atoms with Gasteiger partial charge < -0.3 is 4.98 Å². The molecule has 0 fully saturated rings. The second-order valence-electron chi connectivity index (χ2n) is 1.28. The first-order valence-corrected chi connectivity index (χ1v) is 3.46. The zero-order valence-corrected chi connectivity index (χ0v) is 5.46. The second-order valence-corrected chi connectivity index (χ2v) is 2.57. The molecule has 0 aliphatic carbocycles. The lowest BCUT2D eigenvalue weighted by atomic mass is 10.9. The minimum absolute atomic E-state index is 1.02. The molecular weight excluding hydrogens is 120 g/mol. The molecule has 0 atom stereocenters. The molecule has 0 unspecified atom stereocenters. The fraction of sp³-hybridized carbons (Fsp3) is 0.400. The SMILES string of the molecule is CCSc1c[nH][c]n1. The van der Waals surface area contributed by atoms with Gasteiger partial charge in [0.2, 0.25) is 0 Å². The van der Waals surface area contributed by atoms with E-state index >= 15 is 0 Å². The normalized spacial score (nSPS) is 9.62. The monoisotopic (exact) mass is 127 g/mol. The van der Waals surface area contributed by atoms with Crippen molar-refractivity contribution in [1.29, 1.82) is 0 Å². The maximum Gasteiger partial charge on any atom is 0.174 e. The lowest BCUT2D eigenvalue weighted by Crippen LogP contribution is -1.67. The van der Waals surface area contributed by atoms with Crippen LogP contribution < -0.4 is 0 Å². The van der Waals surface area contributed by atoms with Crippen LogP contribution in [0.4, 0.5) is 0 Å². The van der Waals surface area contributed by atoms with Crippen LogP contribution in [0.3, 0.4) is 0 Å². The molecule has 1 heterocycles. The largest absolute Gasteiger partial charge is 0.341 e.